The lowest BCUT2D eigenvalue weighted by Crippen LogP contribution is -2.47. The lowest BCUT2D eigenvalue weighted by atomic mass is 9.65. The molecular weight excluding hydrogens is 450 g/mol. The molecule has 2 aliphatic carbocycles. The minimum atomic E-state index is -3.28. The Hall–Kier alpha value is -2.90. The van der Waals surface area contributed by atoms with Gasteiger partial charge >= 0.3 is 0 Å². The summed E-state index contributed by atoms with van der Waals surface area (Å²) < 4.78 is 25.1. The van der Waals surface area contributed by atoms with Crippen molar-refractivity contribution in [3.8, 4) is 6.07 Å². The lowest BCUT2D eigenvalue weighted by molar-refractivity contribution is 0.112. The zero-order chi connectivity index (χ0) is 24.1. The highest BCUT2D eigenvalue weighted by Gasteiger charge is 2.37. The van der Waals surface area contributed by atoms with Crippen LogP contribution < -0.4 is 21.1 Å². The summed E-state index contributed by atoms with van der Waals surface area (Å²) in [4.78, 5) is 8.81. The van der Waals surface area contributed by atoms with E-state index in [0.29, 0.717) is 53.4 Å². The number of nitrogens with one attached hydrogen (secondary N) is 3. The molecule has 10 heteroatoms. The Kier molecular flexibility index (Phi) is 7.54. The Labute approximate surface area is 201 Å². The van der Waals surface area contributed by atoms with Crippen LogP contribution in [0.15, 0.2) is 30.5 Å². The van der Waals surface area contributed by atoms with Crippen molar-refractivity contribution in [2.24, 2.45) is 23.5 Å². The first kappa shape index (κ1) is 24.2. The van der Waals surface area contributed by atoms with Gasteiger partial charge in [0.15, 0.2) is 0 Å². The smallest absolute Gasteiger partial charge is 0.229 e. The molecule has 2 fully saturated rings. The van der Waals surface area contributed by atoms with Crippen LogP contribution in [0.1, 0.15) is 43.2 Å². The maximum absolute atomic E-state index is 11.3. The van der Waals surface area contributed by atoms with Crippen LogP contribution in [0.2, 0.25) is 0 Å². The fraction of sp³-hybridized carbons (Fsp3) is 0.542. The second-order valence-corrected chi connectivity index (χ2v) is 11.3. The molecule has 4 atom stereocenters. The Bertz CT molecular complexity index is 1120. The molecule has 0 spiro atoms. The lowest BCUT2D eigenvalue weighted by Gasteiger charge is -2.44. The molecule has 2 bridgehead atoms. The number of rotatable bonds is 9. The van der Waals surface area contributed by atoms with E-state index in [0.717, 1.165) is 37.6 Å². The molecule has 0 amide bonds. The summed E-state index contributed by atoms with van der Waals surface area (Å²) in [5, 5.41) is 16.1. The zero-order valence-electron chi connectivity index (χ0n) is 19.5. The van der Waals surface area contributed by atoms with E-state index in [1.807, 2.05) is 12.1 Å². The first-order valence-electron chi connectivity index (χ1n) is 11.9. The van der Waals surface area contributed by atoms with E-state index in [1.165, 1.54) is 19.3 Å². The topological polar surface area (TPSA) is 146 Å². The average molecular weight is 484 g/mol. The number of aromatic nitrogens is 2. The molecule has 1 unspecified atom stereocenters. The van der Waals surface area contributed by atoms with Crippen molar-refractivity contribution in [1.82, 2.24) is 9.97 Å². The van der Waals surface area contributed by atoms with Gasteiger partial charge in [0, 0.05) is 24.8 Å². The van der Waals surface area contributed by atoms with Gasteiger partial charge in [0.1, 0.15) is 17.5 Å². The van der Waals surface area contributed by atoms with Crippen LogP contribution in [0.4, 0.5) is 17.5 Å². The van der Waals surface area contributed by atoms with Crippen LogP contribution in [0.3, 0.4) is 0 Å². The Balaban J connectivity index is 1.30. The third kappa shape index (κ3) is 6.36. The Morgan fingerprint density at radius 2 is 1.85 bits per heavy atom. The highest BCUT2D eigenvalue weighted by Crippen LogP contribution is 2.41. The summed E-state index contributed by atoms with van der Waals surface area (Å²) >= 11 is 0. The van der Waals surface area contributed by atoms with Gasteiger partial charge in [-0.15, -0.1) is 0 Å². The van der Waals surface area contributed by atoms with Crippen molar-refractivity contribution in [1.29, 1.82) is 5.26 Å². The third-order valence-electron chi connectivity index (χ3n) is 6.93. The molecule has 1 aromatic carbocycles. The van der Waals surface area contributed by atoms with Gasteiger partial charge < -0.3 is 16.4 Å². The van der Waals surface area contributed by atoms with Crippen LogP contribution in [0.25, 0.3) is 0 Å². The minimum Gasteiger partial charge on any atom is -0.369 e. The van der Waals surface area contributed by atoms with Crippen molar-refractivity contribution in [2.75, 3.05) is 34.7 Å². The highest BCUT2D eigenvalue weighted by atomic mass is 32.2. The molecule has 1 heterocycles. The quantitative estimate of drug-likeness (QED) is 0.426. The van der Waals surface area contributed by atoms with E-state index >= 15 is 0 Å². The van der Waals surface area contributed by atoms with Gasteiger partial charge in [0.05, 0.1) is 12.5 Å². The van der Waals surface area contributed by atoms with E-state index in [4.69, 9.17) is 5.73 Å². The maximum atomic E-state index is 11.3. The highest BCUT2D eigenvalue weighted by molar-refractivity contribution is 7.92. The third-order valence-corrected chi connectivity index (χ3v) is 7.54. The maximum Gasteiger partial charge on any atom is 0.229 e. The first-order chi connectivity index (χ1) is 16.3. The number of fused-ring (bicyclic) bond motifs is 2. The van der Waals surface area contributed by atoms with Gasteiger partial charge in [-0.2, -0.15) is 10.2 Å². The molecule has 0 aliphatic heterocycles. The molecule has 2 saturated carbocycles. The molecule has 34 heavy (non-hydrogen) atoms. The summed E-state index contributed by atoms with van der Waals surface area (Å²) in [6.07, 6.45) is 9.44. The van der Waals surface area contributed by atoms with Crippen molar-refractivity contribution in [2.45, 2.75) is 44.6 Å². The van der Waals surface area contributed by atoms with E-state index < -0.39 is 10.0 Å². The summed E-state index contributed by atoms with van der Waals surface area (Å²) in [5.41, 5.74) is 8.45. The largest absolute Gasteiger partial charge is 0.369 e. The predicted molar refractivity (Wildman–Crippen MR) is 134 cm³/mol. The number of anilines is 3. The normalized spacial score (nSPS) is 24.1. The molecule has 0 radical (unpaired) electrons. The van der Waals surface area contributed by atoms with E-state index in [-0.39, 0.29) is 0 Å². The SMILES string of the molecule is CS(=O)(=O)Nc1ccc(CCNc2ncc(C#N)c(NCC3C[C@H]4CCC[C@@H](C3)[C@@H]4N)n2)cc1. The predicted octanol–water partition coefficient (Wildman–Crippen LogP) is 2.94. The number of benzene rings is 1. The van der Waals surface area contributed by atoms with E-state index in [1.54, 1.807) is 18.3 Å². The second-order valence-electron chi connectivity index (χ2n) is 9.56. The average Bonchev–Trinajstić information content (AvgIpc) is 2.78. The molecule has 1 aromatic heterocycles. The number of nitrogens with zero attached hydrogens (tertiary/aromatic N) is 3. The van der Waals surface area contributed by atoms with Crippen LogP contribution in [0, 0.1) is 29.1 Å². The summed E-state index contributed by atoms with van der Waals surface area (Å²) in [6, 6.07) is 9.77. The fourth-order valence-corrected chi connectivity index (χ4v) is 5.84. The standard InChI is InChI=1S/C24H33N7O2S/c1-34(32,33)31-21-7-5-16(6-8-21)9-10-27-24-29-15-20(13-25)23(30-24)28-14-17-11-18-3-2-4-19(12-17)22(18)26/h5-8,15,17-19,22,31H,2-4,9-12,14,26H2,1H3,(H2,27,28,29,30)/t17?,18-,19+,22-. The van der Waals surface area contributed by atoms with Crippen LogP contribution >= 0.6 is 0 Å². The molecule has 2 aromatic rings. The molecular formula is C24H33N7O2S. The Morgan fingerprint density at radius 1 is 1.15 bits per heavy atom. The number of hydrogen-bond acceptors (Lipinski definition) is 8. The second kappa shape index (κ2) is 10.6. The van der Waals surface area contributed by atoms with Gasteiger partial charge in [0.2, 0.25) is 16.0 Å². The molecule has 182 valence electrons. The molecule has 2 aliphatic rings. The van der Waals surface area contributed by atoms with Gasteiger partial charge in [0.25, 0.3) is 0 Å². The van der Waals surface area contributed by atoms with Crippen LogP contribution in [-0.4, -0.2) is 43.8 Å². The molecule has 0 saturated heterocycles. The summed E-state index contributed by atoms with van der Waals surface area (Å²) in [7, 11) is -3.28. The van der Waals surface area contributed by atoms with Gasteiger partial charge in [-0.1, -0.05) is 18.6 Å². The number of sulfonamides is 1. The molecule has 5 N–H and O–H groups in total. The Morgan fingerprint density at radius 3 is 2.50 bits per heavy atom. The number of hydrogen-bond donors (Lipinski definition) is 4. The summed E-state index contributed by atoms with van der Waals surface area (Å²) in [5.74, 6) is 2.82. The summed E-state index contributed by atoms with van der Waals surface area (Å²) in [6.45, 7) is 1.40. The molecule has 4 rings (SSSR count). The molecule has 9 nitrogen and oxygen atoms in total. The number of nitriles is 1. The van der Waals surface area contributed by atoms with E-state index in [2.05, 4.69) is 31.4 Å². The van der Waals surface area contributed by atoms with E-state index in [9.17, 15) is 13.7 Å². The van der Waals surface area contributed by atoms with Crippen molar-refractivity contribution in [3.05, 3.63) is 41.6 Å². The van der Waals surface area contributed by atoms with Gasteiger partial charge in [-0.05, 0) is 67.6 Å². The van der Waals surface area contributed by atoms with Crippen molar-refractivity contribution < 1.29 is 8.42 Å². The van der Waals surface area contributed by atoms with Gasteiger partial charge in [-0.25, -0.2) is 13.4 Å². The van der Waals surface area contributed by atoms with Gasteiger partial charge in [-0.3, -0.25) is 4.72 Å². The monoisotopic (exact) mass is 483 g/mol. The van der Waals surface area contributed by atoms with Crippen LogP contribution in [0.5, 0.6) is 0 Å². The first-order valence-corrected chi connectivity index (χ1v) is 13.8. The fourth-order valence-electron chi connectivity index (χ4n) is 5.28. The number of nitrogens with two attached hydrogens (primary N) is 1. The zero-order valence-corrected chi connectivity index (χ0v) is 20.3. The van der Waals surface area contributed by atoms with Crippen molar-refractivity contribution >= 4 is 27.5 Å². The van der Waals surface area contributed by atoms with Crippen LogP contribution in [-0.2, 0) is 16.4 Å². The minimum absolute atomic E-state index is 0.349. The van der Waals surface area contributed by atoms with Crippen molar-refractivity contribution in [3.63, 3.8) is 0 Å².